The summed E-state index contributed by atoms with van der Waals surface area (Å²) in [6, 6.07) is 6.01. The first-order valence-electron chi connectivity index (χ1n) is 7.77. The smallest absolute Gasteiger partial charge is 0.379 e. The van der Waals surface area contributed by atoms with Crippen LogP contribution in [0.25, 0.3) is 0 Å². The molecule has 0 saturated heterocycles. The van der Waals surface area contributed by atoms with E-state index in [-0.39, 0.29) is 16.9 Å². The predicted molar refractivity (Wildman–Crippen MR) is 92.4 cm³/mol. The molecular formula is C16H16F3N5O3. The van der Waals surface area contributed by atoms with Crippen LogP contribution in [0.3, 0.4) is 0 Å². The molecule has 144 valence electrons. The zero-order chi connectivity index (χ0) is 20.0. The van der Waals surface area contributed by atoms with E-state index in [1.807, 2.05) is 0 Å². The molecule has 0 aliphatic carbocycles. The second-order valence-electron chi connectivity index (χ2n) is 5.49. The quantitative estimate of drug-likeness (QED) is 0.366. The number of alkyl halides is 3. The van der Waals surface area contributed by atoms with Gasteiger partial charge in [-0.2, -0.15) is 13.2 Å². The molecule has 0 saturated carbocycles. The van der Waals surface area contributed by atoms with Crippen LogP contribution in [0.1, 0.15) is 22.3 Å². The fraction of sp³-hybridized carbons (Fsp3) is 0.250. The van der Waals surface area contributed by atoms with Crippen molar-refractivity contribution in [2.75, 3.05) is 23.7 Å². The molecule has 1 amide bonds. The van der Waals surface area contributed by atoms with Gasteiger partial charge in [0.05, 0.1) is 10.5 Å². The van der Waals surface area contributed by atoms with E-state index >= 15 is 0 Å². The fourth-order valence-electron chi connectivity index (χ4n) is 2.18. The maximum Gasteiger partial charge on any atom is 0.417 e. The number of nitro benzene ring substituents is 1. The van der Waals surface area contributed by atoms with Crippen molar-refractivity contribution in [2.45, 2.75) is 12.6 Å². The number of hydrogen-bond donors (Lipinski definition) is 3. The summed E-state index contributed by atoms with van der Waals surface area (Å²) in [6.45, 7) is 0.739. The van der Waals surface area contributed by atoms with Gasteiger partial charge >= 0.3 is 6.18 Å². The van der Waals surface area contributed by atoms with Crippen LogP contribution in [0.15, 0.2) is 36.5 Å². The topological polar surface area (TPSA) is 123 Å². The van der Waals surface area contributed by atoms with Crippen LogP contribution >= 0.6 is 0 Å². The van der Waals surface area contributed by atoms with Crippen molar-refractivity contribution in [3.05, 3.63) is 57.8 Å². The Kier molecular flexibility index (Phi) is 6.16. The summed E-state index contributed by atoms with van der Waals surface area (Å²) < 4.78 is 37.3. The number of primary amides is 1. The van der Waals surface area contributed by atoms with Crippen LogP contribution in [0.2, 0.25) is 0 Å². The van der Waals surface area contributed by atoms with Crippen LogP contribution in [-0.4, -0.2) is 28.9 Å². The second-order valence-corrected chi connectivity index (χ2v) is 5.49. The number of anilines is 2. The molecule has 8 nitrogen and oxygen atoms in total. The Bertz CT molecular complexity index is 825. The lowest BCUT2D eigenvalue weighted by molar-refractivity contribution is -0.384. The number of carbonyl (C=O) groups excluding carboxylic acids is 1. The molecule has 2 rings (SSSR count). The highest BCUT2D eigenvalue weighted by atomic mass is 19.4. The Morgan fingerprint density at radius 3 is 2.44 bits per heavy atom. The van der Waals surface area contributed by atoms with E-state index < -0.39 is 22.6 Å². The van der Waals surface area contributed by atoms with Gasteiger partial charge in [-0.05, 0) is 30.7 Å². The van der Waals surface area contributed by atoms with Crippen LogP contribution in [0.4, 0.5) is 30.4 Å². The lowest BCUT2D eigenvalue weighted by Gasteiger charge is -2.10. The van der Waals surface area contributed by atoms with Gasteiger partial charge in [-0.25, -0.2) is 4.98 Å². The zero-order valence-corrected chi connectivity index (χ0v) is 13.9. The molecule has 27 heavy (non-hydrogen) atoms. The molecule has 1 aromatic carbocycles. The van der Waals surface area contributed by atoms with Gasteiger partial charge in [0, 0.05) is 30.9 Å². The van der Waals surface area contributed by atoms with Crippen molar-refractivity contribution in [1.82, 2.24) is 4.98 Å². The molecule has 11 heteroatoms. The summed E-state index contributed by atoms with van der Waals surface area (Å²) in [7, 11) is 0. The van der Waals surface area contributed by atoms with Gasteiger partial charge in [0.25, 0.3) is 5.69 Å². The number of nitrogens with two attached hydrogens (primary N) is 1. The molecule has 0 unspecified atom stereocenters. The van der Waals surface area contributed by atoms with E-state index in [2.05, 4.69) is 15.6 Å². The highest BCUT2D eigenvalue weighted by Crippen LogP contribution is 2.29. The number of nitrogens with zero attached hydrogens (tertiary/aromatic N) is 2. The van der Waals surface area contributed by atoms with Gasteiger partial charge in [0.15, 0.2) is 0 Å². The first kappa shape index (κ1) is 19.9. The first-order chi connectivity index (χ1) is 12.7. The van der Waals surface area contributed by atoms with E-state index in [0.717, 1.165) is 18.3 Å². The highest BCUT2D eigenvalue weighted by Gasteiger charge is 2.30. The molecule has 1 aromatic heterocycles. The predicted octanol–water partition coefficient (Wildman–Crippen LogP) is 3.02. The monoisotopic (exact) mass is 383 g/mol. The van der Waals surface area contributed by atoms with Crippen LogP contribution < -0.4 is 16.4 Å². The minimum atomic E-state index is -4.44. The molecule has 0 spiro atoms. The summed E-state index contributed by atoms with van der Waals surface area (Å²) in [5.41, 5.74) is 4.26. The largest absolute Gasteiger partial charge is 0.417 e. The normalized spacial score (nSPS) is 11.1. The maximum absolute atomic E-state index is 12.4. The molecule has 0 bridgehead atoms. The first-order valence-corrected chi connectivity index (χ1v) is 7.77. The number of benzene rings is 1. The minimum Gasteiger partial charge on any atom is -0.379 e. The summed E-state index contributed by atoms with van der Waals surface area (Å²) in [6.07, 6.45) is -3.18. The van der Waals surface area contributed by atoms with Crippen LogP contribution in [-0.2, 0) is 6.18 Å². The summed E-state index contributed by atoms with van der Waals surface area (Å²) in [4.78, 5) is 25.2. The number of pyridine rings is 1. The number of amides is 1. The number of nitro groups is 1. The number of hydrogen-bond acceptors (Lipinski definition) is 6. The van der Waals surface area contributed by atoms with E-state index in [0.29, 0.717) is 25.3 Å². The number of nitrogens with one attached hydrogen (secondary N) is 2. The number of rotatable bonds is 8. The third-order valence-electron chi connectivity index (χ3n) is 3.54. The van der Waals surface area contributed by atoms with Crippen molar-refractivity contribution in [3.63, 3.8) is 0 Å². The molecular weight excluding hydrogens is 367 g/mol. The number of halogens is 3. The Balaban J connectivity index is 1.85. The fourth-order valence-corrected chi connectivity index (χ4v) is 2.18. The minimum absolute atomic E-state index is 0.0299. The third kappa shape index (κ3) is 5.56. The van der Waals surface area contributed by atoms with Gasteiger partial charge in [-0.1, -0.05) is 0 Å². The summed E-state index contributed by atoms with van der Waals surface area (Å²) in [5, 5.41) is 16.8. The average molecular weight is 383 g/mol. The van der Waals surface area contributed by atoms with E-state index in [4.69, 9.17) is 5.73 Å². The second kappa shape index (κ2) is 8.34. The van der Waals surface area contributed by atoms with Crippen molar-refractivity contribution in [3.8, 4) is 0 Å². The van der Waals surface area contributed by atoms with Gasteiger partial charge in [0.1, 0.15) is 11.5 Å². The van der Waals surface area contributed by atoms with Crippen LogP contribution in [0.5, 0.6) is 0 Å². The molecule has 0 fully saturated rings. The molecule has 0 aliphatic heterocycles. The Labute approximate surface area is 151 Å². The number of carbonyl (C=O) groups is 1. The van der Waals surface area contributed by atoms with Crippen molar-refractivity contribution in [2.24, 2.45) is 5.73 Å². The van der Waals surface area contributed by atoms with Gasteiger partial charge in [-0.3, -0.25) is 14.9 Å². The van der Waals surface area contributed by atoms with E-state index in [1.54, 1.807) is 0 Å². The molecule has 4 N–H and O–H groups in total. The van der Waals surface area contributed by atoms with E-state index in [9.17, 15) is 28.1 Å². The lowest BCUT2D eigenvalue weighted by Crippen LogP contribution is -2.13. The molecule has 0 radical (unpaired) electrons. The van der Waals surface area contributed by atoms with Gasteiger partial charge < -0.3 is 16.4 Å². The Hall–Kier alpha value is -3.37. The SMILES string of the molecule is NC(=O)c1ccc(NCCCNc2ccc(C(F)(F)F)cn2)c([N+](=O)[O-])c1. The van der Waals surface area contributed by atoms with Gasteiger partial charge in [-0.15, -0.1) is 0 Å². The highest BCUT2D eigenvalue weighted by molar-refractivity contribution is 5.94. The molecule has 0 atom stereocenters. The average Bonchev–Trinajstić information content (AvgIpc) is 2.61. The lowest BCUT2D eigenvalue weighted by atomic mass is 10.1. The van der Waals surface area contributed by atoms with Crippen molar-refractivity contribution < 1.29 is 22.9 Å². The summed E-state index contributed by atoms with van der Waals surface area (Å²) >= 11 is 0. The Morgan fingerprint density at radius 2 is 1.89 bits per heavy atom. The van der Waals surface area contributed by atoms with Crippen LogP contribution in [0, 0.1) is 10.1 Å². The molecule has 0 aliphatic rings. The van der Waals surface area contributed by atoms with Gasteiger partial charge in [0.2, 0.25) is 5.91 Å². The zero-order valence-electron chi connectivity index (χ0n) is 13.9. The number of aromatic nitrogens is 1. The standard InChI is InChI=1S/C16H16F3N5O3/c17-16(18,19)11-3-5-14(23-9-11)22-7-1-6-21-12-4-2-10(15(20)25)8-13(12)24(26)27/h2-5,8-9,21H,1,6-7H2,(H2,20,25)(H,22,23). The Morgan fingerprint density at radius 1 is 1.19 bits per heavy atom. The maximum atomic E-state index is 12.4. The van der Waals surface area contributed by atoms with Crippen molar-refractivity contribution in [1.29, 1.82) is 0 Å². The van der Waals surface area contributed by atoms with E-state index in [1.165, 1.54) is 18.2 Å². The third-order valence-corrected chi connectivity index (χ3v) is 3.54. The molecule has 2 aromatic rings. The molecule has 1 heterocycles. The van der Waals surface area contributed by atoms with Crippen molar-refractivity contribution >= 4 is 23.1 Å². The summed E-state index contributed by atoms with van der Waals surface area (Å²) in [5.74, 6) is -0.474.